The number of aromatic nitrogens is 1. The number of hydrogen-bond donors (Lipinski definition) is 3. The molecular formula is C22H30N4O6S. The molecule has 2 aromatic rings. The number of nitrogens with zero attached hydrogens (tertiary/aromatic N) is 2. The van der Waals surface area contributed by atoms with E-state index in [0.717, 1.165) is 0 Å². The quantitative estimate of drug-likeness (QED) is 0.517. The molecule has 3 heterocycles. The minimum atomic E-state index is -3.86. The fourth-order valence-corrected chi connectivity index (χ4v) is 5.18. The Kier molecular flexibility index (Phi) is 8.22. The van der Waals surface area contributed by atoms with E-state index in [1.165, 1.54) is 28.9 Å². The van der Waals surface area contributed by atoms with Crippen LogP contribution in [0.2, 0.25) is 0 Å². The fourth-order valence-electron chi connectivity index (χ4n) is 3.75. The van der Waals surface area contributed by atoms with Crippen LogP contribution in [0.4, 0.5) is 0 Å². The van der Waals surface area contributed by atoms with Gasteiger partial charge in [0.05, 0.1) is 18.4 Å². The van der Waals surface area contributed by atoms with Crippen molar-refractivity contribution in [1.82, 2.24) is 19.9 Å². The first-order chi connectivity index (χ1) is 15.7. The Hall–Kier alpha value is -2.76. The summed E-state index contributed by atoms with van der Waals surface area (Å²) in [6, 6.07) is 6.22. The molecule has 0 aliphatic carbocycles. The van der Waals surface area contributed by atoms with E-state index in [1.54, 1.807) is 18.2 Å². The van der Waals surface area contributed by atoms with Gasteiger partial charge in [0, 0.05) is 19.3 Å². The van der Waals surface area contributed by atoms with Gasteiger partial charge >= 0.3 is 0 Å². The van der Waals surface area contributed by atoms with Crippen molar-refractivity contribution < 1.29 is 27.5 Å². The molecule has 33 heavy (non-hydrogen) atoms. The van der Waals surface area contributed by atoms with E-state index < -0.39 is 40.0 Å². The first kappa shape index (κ1) is 24.9. The van der Waals surface area contributed by atoms with Crippen molar-refractivity contribution in [2.45, 2.75) is 56.3 Å². The van der Waals surface area contributed by atoms with Gasteiger partial charge in [-0.05, 0) is 49.4 Å². The van der Waals surface area contributed by atoms with Crippen molar-refractivity contribution >= 4 is 21.8 Å². The lowest BCUT2D eigenvalue weighted by Gasteiger charge is -2.27. The van der Waals surface area contributed by atoms with Crippen LogP contribution in [0.3, 0.4) is 0 Å². The SMILES string of the molecule is CC(C)C[C@H](NC(=O)c1ccco1)C(=O)NC1CCCN(S(=O)(=O)c2ccccn2)CC1O. The summed E-state index contributed by atoms with van der Waals surface area (Å²) in [7, 11) is -3.86. The highest BCUT2D eigenvalue weighted by atomic mass is 32.2. The Morgan fingerprint density at radius 1 is 1.27 bits per heavy atom. The van der Waals surface area contributed by atoms with E-state index >= 15 is 0 Å². The van der Waals surface area contributed by atoms with E-state index in [9.17, 15) is 23.1 Å². The minimum absolute atomic E-state index is 0.0858. The van der Waals surface area contributed by atoms with Crippen LogP contribution < -0.4 is 10.6 Å². The van der Waals surface area contributed by atoms with Crippen LogP contribution >= 0.6 is 0 Å². The molecule has 1 aliphatic heterocycles. The molecule has 0 radical (unpaired) electrons. The molecule has 2 amide bonds. The third kappa shape index (κ3) is 6.40. The first-order valence-corrected chi connectivity index (χ1v) is 12.4. The molecule has 2 unspecified atom stereocenters. The van der Waals surface area contributed by atoms with Crippen molar-refractivity contribution in [3.63, 3.8) is 0 Å². The molecule has 0 aromatic carbocycles. The van der Waals surface area contributed by atoms with Crippen LogP contribution in [-0.4, -0.2) is 65.9 Å². The Bertz CT molecular complexity index is 1030. The zero-order valence-electron chi connectivity index (χ0n) is 18.7. The second-order valence-corrected chi connectivity index (χ2v) is 10.4. The molecule has 0 saturated carbocycles. The summed E-state index contributed by atoms with van der Waals surface area (Å²) in [6.45, 7) is 3.89. The minimum Gasteiger partial charge on any atom is -0.459 e. The Balaban J connectivity index is 1.67. The maximum Gasteiger partial charge on any atom is 0.287 e. The molecule has 1 saturated heterocycles. The summed E-state index contributed by atoms with van der Waals surface area (Å²) in [4.78, 5) is 29.3. The molecule has 3 N–H and O–H groups in total. The zero-order valence-corrected chi connectivity index (χ0v) is 19.5. The Labute approximate surface area is 193 Å². The lowest BCUT2D eigenvalue weighted by Crippen LogP contribution is -2.54. The highest BCUT2D eigenvalue weighted by Crippen LogP contribution is 2.20. The summed E-state index contributed by atoms with van der Waals surface area (Å²) in [5.74, 6) is -0.722. The van der Waals surface area contributed by atoms with E-state index in [-0.39, 0.29) is 29.8 Å². The van der Waals surface area contributed by atoms with Crippen LogP contribution in [0.5, 0.6) is 0 Å². The average molecular weight is 479 g/mol. The second kappa shape index (κ2) is 10.9. The average Bonchev–Trinajstić information content (AvgIpc) is 3.26. The van der Waals surface area contributed by atoms with Crippen molar-refractivity contribution in [3.8, 4) is 0 Å². The molecule has 11 heteroatoms. The van der Waals surface area contributed by atoms with Crippen molar-refractivity contribution in [1.29, 1.82) is 0 Å². The molecular weight excluding hydrogens is 448 g/mol. The van der Waals surface area contributed by atoms with E-state index in [0.29, 0.717) is 19.3 Å². The molecule has 1 aliphatic rings. The number of aliphatic hydroxyl groups excluding tert-OH is 1. The maximum absolute atomic E-state index is 13.0. The predicted octanol–water partition coefficient (Wildman–Crippen LogP) is 1.15. The summed E-state index contributed by atoms with van der Waals surface area (Å²) in [5.41, 5.74) is 0. The number of aliphatic hydroxyl groups is 1. The highest BCUT2D eigenvalue weighted by Gasteiger charge is 2.35. The zero-order chi connectivity index (χ0) is 24.0. The third-order valence-electron chi connectivity index (χ3n) is 5.42. The third-order valence-corrected chi connectivity index (χ3v) is 7.20. The number of carbonyl (C=O) groups excluding carboxylic acids is 2. The smallest absolute Gasteiger partial charge is 0.287 e. The molecule has 180 valence electrons. The monoisotopic (exact) mass is 478 g/mol. The van der Waals surface area contributed by atoms with Gasteiger partial charge in [0.1, 0.15) is 6.04 Å². The van der Waals surface area contributed by atoms with Gasteiger partial charge in [0.15, 0.2) is 10.8 Å². The van der Waals surface area contributed by atoms with E-state index in [2.05, 4.69) is 15.6 Å². The highest BCUT2D eigenvalue weighted by molar-refractivity contribution is 7.89. The van der Waals surface area contributed by atoms with Crippen LogP contribution in [0.1, 0.15) is 43.7 Å². The van der Waals surface area contributed by atoms with Gasteiger partial charge in [-0.15, -0.1) is 0 Å². The number of nitrogens with one attached hydrogen (secondary N) is 2. The topological polar surface area (TPSA) is 142 Å². The number of rotatable bonds is 8. The summed E-state index contributed by atoms with van der Waals surface area (Å²) >= 11 is 0. The number of amides is 2. The van der Waals surface area contributed by atoms with Crippen LogP contribution in [-0.2, 0) is 14.8 Å². The second-order valence-electron chi connectivity index (χ2n) is 8.49. The molecule has 0 bridgehead atoms. The lowest BCUT2D eigenvalue weighted by molar-refractivity contribution is -0.125. The van der Waals surface area contributed by atoms with E-state index in [4.69, 9.17) is 4.42 Å². The summed E-state index contributed by atoms with van der Waals surface area (Å²) in [6.07, 6.45) is 2.88. The molecule has 0 spiro atoms. The maximum atomic E-state index is 13.0. The number of pyridine rings is 1. The lowest BCUT2D eigenvalue weighted by atomic mass is 10.0. The van der Waals surface area contributed by atoms with Gasteiger partial charge in [-0.3, -0.25) is 9.59 Å². The van der Waals surface area contributed by atoms with Crippen molar-refractivity contribution in [2.24, 2.45) is 5.92 Å². The Morgan fingerprint density at radius 3 is 2.70 bits per heavy atom. The largest absolute Gasteiger partial charge is 0.459 e. The number of β-amino-alcohol motifs (C(OH)–C–C–N with tert-alkyl or cyclic N) is 1. The van der Waals surface area contributed by atoms with Gasteiger partial charge in [0.2, 0.25) is 5.91 Å². The molecule has 3 atom stereocenters. The van der Waals surface area contributed by atoms with Gasteiger partial charge in [-0.2, -0.15) is 4.31 Å². The molecule has 1 fully saturated rings. The molecule has 3 rings (SSSR count). The fraction of sp³-hybridized carbons (Fsp3) is 0.500. The predicted molar refractivity (Wildman–Crippen MR) is 120 cm³/mol. The number of hydrogen-bond acceptors (Lipinski definition) is 7. The first-order valence-electron chi connectivity index (χ1n) is 10.9. The molecule has 10 nitrogen and oxygen atoms in total. The number of furan rings is 1. The number of sulfonamides is 1. The van der Waals surface area contributed by atoms with Crippen LogP contribution in [0.25, 0.3) is 0 Å². The normalized spacial score (nSPS) is 20.7. The van der Waals surface area contributed by atoms with Crippen LogP contribution in [0, 0.1) is 5.92 Å². The molecule has 2 aromatic heterocycles. The standard InChI is InChI=1S/C22H30N4O6S/c1-15(2)13-17(25-22(29)19-8-6-12-32-19)21(28)24-16-7-5-11-26(14-18(16)27)33(30,31)20-9-3-4-10-23-20/h3-4,6,8-10,12,15-18,27H,5,7,11,13-14H2,1-2H3,(H,24,28)(H,25,29)/t16?,17-,18?/m0/s1. The van der Waals surface area contributed by atoms with Crippen molar-refractivity contribution in [3.05, 3.63) is 48.6 Å². The van der Waals surface area contributed by atoms with Crippen LogP contribution in [0.15, 0.2) is 52.2 Å². The Morgan fingerprint density at radius 2 is 2.06 bits per heavy atom. The van der Waals surface area contributed by atoms with Gasteiger partial charge in [-0.25, -0.2) is 13.4 Å². The van der Waals surface area contributed by atoms with Crippen molar-refractivity contribution in [2.75, 3.05) is 13.1 Å². The summed E-state index contributed by atoms with van der Waals surface area (Å²) < 4.78 is 32.1. The number of carbonyl (C=O) groups is 2. The van der Waals surface area contributed by atoms with Gasteiger partial charge < -0.3 is 20.2 Å². The van der Waals surface area contributed by atoms with Gasteiger partial charge in [-0.1, -0.05) is 19.9 Å². The van der Waals surface area contributed by atoms with E-state index in [1.807, 2.05) is 13.8 Å². The summed E-state index contributed by atoms with van der Waals surface area (Å²) in [5, 5.41) is 16.1. The van der Waals surface area contributed by atoms with Gasteiger partial charge in [0.25, 0.3) is 15.9 Å².